The maximum absolute atomic E-state index is 14.0. The monoisotopic (exact) mass is 387 g/mol. The fraction of sp³-hybridized carbons (Fsp3) is 0.211. The number of benzene rings is 2. The van der Waals surface area contributed by atoms with Crippen LogP contribution in [0.1, 0.15) is 16.8 Å². The zero-order valence-electron chi connectivity index (χ0n) is 14.6. The van der Waals surface area contributed by atoms with Crippen molar-refractivity contribution in [3.63, 3.8) is 0 Å². The van der Waals surface area contributed by atoms with Crippen LogP contribution in [0.2, 0.25) is 0 Å². The van der Waals surface area contributed by atoms with E-state index >= 15 is 0 Å². The van der Waals surface area contributed by atoms with Crippen molar-refractivity contribution in [3.05, 3.63) is 52.9 Å². The van der Waals surface area contributed by atoms with E-state index in [1.807, 2.05) is 19.1 Å². The summed E-state index contributed by atoms with van der Waals surface area (Å²) in [5, 5.41) is 10.0. The summed E-state index contributed by atoms with van der Waals surface area (Å²) in [7, 11) is 1.59. The largest absolute Gasteiger partial charge is 0.391 e. The Morgan fingerprint density at radius 2 is 1.96 bits per heavy atom. The summed E-state index contributed by atoms with van der Waals surface area (Å²) in [5.41, 5.74) is 3.85. The number of ether oxygens (including phenoxy) is 1. The molecule has 4 rings (SSSR count). The minimum absolute atomic E-state index is 0.141. The predicted octanol–water partition coefficient (Wildman–Crippen LogP) is 4.13. The van der Waals surface area contributed by atoms with E-state index in [1.54, 1.807) is 13.3 Å². The first-order chi connectivity index (χ1) is 13.0. The second-order valence-electron chi connectivity index (χ2n) is 6.15. The van der Waals surface area contributed by atoms with Crippen LogP contribution in [-0.2, 0) is 18.0 Å². The van der Waals surface area contributed by atoms with Gasteiger partial charge in [-0.1, -0.05) is 0 Å². The summed E-state index contributed by atoms with van der Waals surface area (Å²) in [6.45, 7) is 1.66. The summed E-state index contributed by atoms with van der Waals surface area (Å²) in [6.07, 6.45) is 1.64. The van der Waals surface area contributed by atoms with E-state index in [2.05, 4.69) is 15.0 Å². The molecular formula is C19H15F2N3O2S. The summed E-state index contributed by atoms with van der Waals surface area (Å²) >= 11 is 1.22. The number of aliphatic hydroxyl groups is 1. The van der Waals surface area contributed by atoms with Crippen LogP contribution in [0.3, 0.4) is 0 Å². The molecule has 0 bridgehead atoms. The van der Waals surface area contributed by atoms with Crippen molar-refractivity contribution in [2.75, 3.05) is 7.11 Å². The van der Waals surface area contributed by atoms with E-state index < -0.39 is 18.2 Å². The van der Waals surface area contributed by atoms with Gasteiger partial charge >= 0.3 is 0 Å². The van der Waals surface area contributed by atoms with Gasteiger partial charge in [0.1, 0.15) is 5.01 Å². The van der Waals surface area contributed by atoms with Gasteiger partial charge in [0.15, 0.2) is 11.6 Å². The zero-order valence-corrected chi connectivity index (χ0v) is 15.4. The smallest absolute Gasteiger partial charge is 0.166 e. The number of halogens is 2. The molecule has 0 saturated heterocycles. The highest BCUT2D eigenvalue weighted by Gasteiger charge is 2.19. The molecule has 0 amide bonds. The minimum Gasteiger partial charge on any atom is -0.391 e. The van der Waals surface area contributed by atoms with E-state index in [-0.39, 0.29) is 11.1 Å². The molecule has 4 aromatic rings. The van der Waals surface area contributed by atoms with Crippen LogP contribution in [-0.4, -0.2) is 27.2 Å². The molecule has 2 aromatic heterocycles. The van der Waals surface area contributed by atoms with Crippen LogP contribution >= 0.6 is 11.3 Å². The van der Waals surface area contributed by atoms with E-state index in [0.29, 0.717) is 33.0 Å². The quantitative estimate of drug-likeness (QED) is 0.570. The highest BCUT2D eigenvalue weighted by atomic mass is 32.1. The summed E-state index contributed by atoms with van der Waals surface area (Å²) in [6, 6.07) is 4.93. The van der Waals surface area contributed by atoms with Gasteiger partial charge in [-0.3, -0.25) is 4.98 Å². The molecule has 0 aliphatic carbocycles. The molecule has 0 aliphatic heterocycles. The topological polar surface area (TPSA) is 68.1 Å². The lowest BCUT2D eigenvalue weighted by Gasteiger charge is -2.06. The van der Waals surface area contributed by atoms with Crippen molar-refractivity contribution >= 4 is 32.6 Å². The molecule has 0 radical (unpaired) electrons. The van der Waals surface area contributed by atoms with Crippen molar-refractivity contribution in [3.8, 4) is 10.6 Å². The molecule has 0 fully saturated rings. The van der Waals surface area contributed by atoms with Gasteiger partial charge in [0.2, 0.25) is 0 Å². The molecule has 138 valence electrons. The van der Waals surface area contributed by atoms with Gasteiger partial charge in [-0.2, -0.15) is 0 Å². The third kappa shape index (κ3) is 3.05. The molecule has 0 saturated carbocycles. The maximum atomic E-state index is 14.0. The molecule has 0 aliphatic rings. The first-order valence-electron chi connectivity index (χ1n) is 8.15. The van der Waals surface area contributed by atoms with Crippen molar-refractivity contribution in [1.82, 2.24) is 15.0 Å². The van der Waals surface area contributed by atoms with Crippen molar-refractivity contribution in [2.24, 2.45) is 0 Å². The van der Waals surface area contributed by atoms with Gasteiger partial charge in [-0.05, 0) is 30.7 Å². The third-order valence-electron chi connectivity index (χ3n) is 4.19. The number of thiazole rings is 1. The normalized spacial score (nSPS) is 11.6. The molecule has 2 aromatic carbocycles. The molecule has 0 spiro atoms. The van der Waals surface area contributed by atoms with Crippen molar-refractivity contribution in [2.45, 2.75) is 20.1 Å². The molecule has 5 nitrogen and oxygen atoms in total. The standard InChI is InChI=1S/C19H15F2N3O2S/c1-9-3-11(17-14(4-9)23-10(6-22-17)8-26-2)19-24-18-12(7-25)16(21)13(20)5-15(18)27-19/h3-6,25H,7-8H2,1-2H3. The Kier molecular flexibility index (Phi) is 4.55. The molecule has 27 heavy (non-hydrogen) atoms. The zero-order chi connectivity index (χ0) is 19.1. The van der Waals surface area contributed by atoms with Crippen LogP contribution in [0.25, 0.3) is 31.8 Å². The van der Waals surface area contributed by atoms with Crippen molar-refractivity contribution < 1.29 is 18.6 Å². The van der Waals surface area contributed by atoms with E-state index in [4.69, 9.17) is 4.74 Å². The van der Waals surface area contributed by atoms with Gasteiger partial charge in [0.05, 0.1) is 46.4 Å². The Balaban J connectivity index is 1.96. The number of hydrogen-bond acceptors (Lipinski definition) is 6. The first kappa shape index (κ1) is 17.8. The highest BCUT2D eigenvalue weighted by molar-refractivity contribution is 7.21. The van der Waals surface area contributed by atoms with Crippen LogP contribution < -0.4 is 0 Å². The van der Waals surface area contributed by atoms with Gasteiger partial charge in [-0.15, -0.1) is 11.3 Å². The number of aromatic nitrogens is 3. The van der Waals surface area contributed by atoms with Gasteiger partial charge in [0, 0.05) is 18.2 Å². The number of aryl methyl sites for hydroxylation is 1. The van der Waals surface area contributed by atoms with Crippen LogP contribution in [0.15, 0.2) is 24.4 Å². The van der Waals surface area contributed by atoms with Crippen LogP contribution in [0, 0.1) is 18.6 Å². The molecule has 2 heterocycles. The molecule has 8 heteroatoms. The van der Waals surface area contributed by atoms with E-state index in [0.717, 1.165) is 17.2 Å². The fourth-order valence-corrected chi connectivity index (χ4v) is 4.05. The predicted molar refractivity (Wildman–Crippen MR) is 99.4 cm³/mol. The number of rotatable bonds is 4. The number of hydrogen-bond donors (Lipinski definition) is 1. The van der Waals surface area contributed by atoms with Crippen LogP contribution in [0.4, 0.5) is 8.78 Å². The minimum atomic E-state index is -1.07. The van der Waals surface area contributed by atoms with Gasteiger partial charge < -0.3 is 9.84 Å². The second-order valence-corrected chi connectivity index (χ2v) is 7.18. The Morgan fingerprint density at radius 3 is 2.70 bits per heavy atom. The molecule has 1 N–H and O–H groups in total. The SMILES string of the molecule is COCc1cnc2c(-c3nc4c(CO)c(F)c(F)cc4s3)cc(C)cc2n1. The summed E-state index contributed by atoms with van der Waals surface area (Å²) < 4.78 is 33.3. The lowest BCUT2D eigenvalue weighted by Crippen LogP contribution is -1.97. The third-order valence-corrected chi connectivity index (χ3v) is 5.23. The van der Waals surface area contributed by atoms with Crippen LogP contribution in [0.5, 0.6) is 0 Å². The number of aliphatic hydroxyl groups excluding tert-OH is 1. The molecular weight excluding hydrogens is 372 g/mol. The average molecular weight is 387 g/mol. The number of nitrogens with zero attached hydrogens (tertiary/aromatic N) is 3. The summed E-state index contributed by atoms with van der Waals surface area (Å²) in [5.74, 6) is -2.07. The number of methoxy groups -OCH3 is 1. The Morgan fingerprint density at radius 1 is 1.15 bits per heavy atom. The average Bonchev–Trinajstić information content (AvgIpc) is 3.05. The summed E-state index contributed by atoms with van der Waals surface area (Å²) in [4.78, 5) is 13.5. The first-order valence-corrected chi connectivity index (χ1v) is 8.97. The van der Waals surface area contributed by atoms with Crippen molar-refractivity contribution in [1.29, 1.82) is 0 Å². The van der Waals surface area contributed by atoms with E-state index in [1.165, 1.54) is 11.3 Å². The van der Waals surface area contributed by atoms with Gasteiger partial charge in [-0.25, -0.2) is 18.7 Å². The highest BCUT2D eigenvalue weighted by Crippen LogP contribution is 2.36. The van der Waals surface area contributed by atoms with E-state index in [9.17, 15) is 13.9 Å². The Hall–Kier alpha value is -2.55. The maximum Gasteiger partial charge on any atom is 0.166 e. The fourth-order valence-electron chi connectivity index (χ4n) is 3.02. The Labute approximate surface area is 157 Å². The lowest BCUT2D eigenvalue weighted by molar-refractivity contribution is 0.181. The number of fused-ring (bicyclic) bond motifs is 2. The van der Waals surface area contributed by atoms with Gasteiger partial charge in [0.25, 0.3) is 0 Å². The lowest BCUT2D eigenvalue weighted by atomic mass is 10.1. The second kappa shape index (κ2) is 6.88. The molecule has 0 unspecified atom stereocenters. The molecule has 0 atom stereocenters. The Bertz CT molecular complexity index is 1180.